The fourth-order valence-corrected chi connectivity index (χ4v) is 5.42. The van der Waals surface area contributed by atoms with Gasteiger partial charge in [0, 0.05) is 19.0 Å². The van der Waals surface area contributed by atoms with Crippen molar-refractivity contribution >= 4 is 22.6 Å². The highest BCUT2D eigenvalue weighted by molar-refractivity contribution is 5.93. The number of halogens is 6. The lowest BCUT2D eigenvalue weighted by Gasteiger charge is -2.27. The summed E-state index contributed by atoms with van der Waals surface area (Å²) in [7, 11) is 1.85. The maximum atomic E-state index is 13.4. The van der Waals surface area contributed by atoms with Gasteiger partial charge >= 0.3 is 18.4 Å². The third kappa shape index (κ3) is 4.74. The molecule has 5 rings (SSSR count). The molecule has 2 atom stereocenters. The molecule has 0 unspecified atom stereocenters. The number of carbonyl (C=O) groups excluding carboxylic acids is 1. The first-order chi connectivity index (χ1) is 17.8. The summed E-state index contributed by atoms with van der Waals surface area (Å²) in [6, 6.07) is 6.44. The first-order valence-electron chi connectivity index (χ1n) is 12.2. The van der Waals surface area contributed by atoms with Crippen molar-refractivity contribution in [2.75, 3.05) is 6.54 Å². The van der Waals surface area contributed by atoms with Crippen LogP contribution in [-0.2, 0) is 24.1 Å². The summed E-state index contributed by atoms with van der Waals surface area (Å²) in [5, 5.41) is 5.32. The predicted octanol–water partition coefficient (Wildman–Crippen LogP) is 7.52. The molecule has 1 saturated heterocycles. The van der Waals surface area contributed by atoms with Gasteiger partial charge in [-0.05, 0) is 79.1 Å². The van der Waals surface area contributed by atoms with Crippen LogP contribution >= 0.6 is 0 Å². The summed E-state index contributed by atoms with van der Waals surface area (Å²) < 4.78 is 87.6. The zero-order valence-electron chi connectivity index (χ0n) is 20.7. The molecular formula is C27H25F6N3O2. The van der Waals surface area contributed by atoms with Crippen LogP contribution in [0.25, 0.3) is 16.5 Å². The number of alkyl halides is 6. The average molecular weight is 538 g/mol. The van der Waals surface area contributed by atoms with Gasteiger partial charge in [-0.2, -0.15) is 31.4 Å². The number of aryl methyl sites for hydroxylation is 1. The molecule has 0 radical (unpaired) electrons. The van der Waals surface area contributed by atoms with Gasteiger partial charge in [0.15, 0.2) is 0 Å². The number of hydrogen-bond acceptors (Lipinski definition) is 3. The Morgan fingerprint density at radius 2 is 1.66 bits per heavy atom. The van der Waals surface area contributed by atoms with Crippen LogP contribution in [-0.4, -0.2) is 33.4 Å². The van der Waals surface area contributed by atoms with Gasteiger partial charge < -0.3 is 4.74 Å². The highest BCUT2D eigenvalue weighted by Crippen LogP contribution is 2.42. The quantitative estimate of drug-likeness (QED) is 0.324. The van der Waals surface area contributed by atoms with Gasteiger partial charge in [-0.15, -0.1) is 0 Å². The Bertz CT molecular complexity index is 1390. The van der Waals surface area contributed by atoms with Crippen molar-refractivity contribution in [1.29, 1.82) is 0 Å². The Hall–Kier alpha value is -3.50. The van der Waals surface area contributed by atoms with Gasteiger partial charge in [-0.25, -0.2) is 4.79 Å². The lowest BCUT2D eigenvalue weighted by atomic mass is 9.85. The normalized spacial score (nSPS) is 20.9. The van der Waals surface area contributed by atoms with E-state index in [0.29, 0.717) is 12.1 Å². The van der Waals surface area contributed by atoms with E-state index in [1.54, 1.807) is 17.8 Å². The molecule has 0 spiro atoms. The van der Waals surface area contributed by atoms with E-state index in [9.17, 15) is 31.1 Å². The number of benzene rings is 2. The molecule has 2 aromatic carbocycles. The van der Waals surface area contributed by atoms with Crippen molar-refractivity contribution in [3.05, 3.63) is 70.4 Å². The maximum Gasteiger partial charge on any atom is 0.416 e. The van der Waals surface area contributed by atoms with Crippen molar-refractivity contribution in [1.82, 2.24) is 14.7 Å². The topological polar surface area (TPSA) is 47.4 Å². The Balaban J connectivity index is 1.49. The van der Waals surface area contributed by atoms with Crippen LogP contribution in [0.3, 0.4) is 0 Å². The SMILES string of the molecule is C[C@H]1[C@@H](c2cc(C(F)(F)F)cc(C(F)(F)F)c2)OC(=O)N1CC1=C(c2cccc3c2cnn3C)CCCC1. The molecule has 1 aliphatic heterocycles. The minimum atomic E-state index is -4.99. The first-order valence-corrected chi connectivity index (χ1v) is 12.2. The van der Waals surface area contributed by atoms with Gasteiger partial charge in [0.2, 0.25) is 0 Å². The Labute approximate surface area is 214 Å². The fourth-order valence-electron chi connectivity index (χ4n) is 5.42. The van der Waals surface area contributed by atoms with E-state index in [0.717, 1.165) is 53.3 Å². The van der Waals surface area contributed by atoms with E-state index in [2.05, 4.69) is 5.10 Å². The molecule has 38 heavy (non-hydrogen) atoms. The van der Waals surface area contributed by atoms with Crippen LogP contribution in [0, 0.1) is 0 Å². The lowest BCUT2D eigenvalue weighted by molar-refractivity contribution is -0.143. The van der Waals surface area contributed by atoms with E-state index in [1.807, 2.05) is 25.2 Å². The molecule has 202 valence electrons. The summed E-state index contributed by atoms with van der Waals surface area (Å²) in [5.41, 5.74) is 0.827. The second-order valence-corrected chi connectivity index (χ2v) is 9.81. The average Bonchev–Trinajstić information content (AvgIpc) is 3.37. The number of amides is 1. The molecule has 0 bridgehead atoms. The summed E-state index contributed by atoms with van der Waals surface area (Å²) in [4.78, 5) is 14.3. The van der Waals surface area contributed by atoms with Crippen LogP contribution in [0.1, 0.15) is 61.0 Å². The van der Waals surface area contributed by atoms with Crippen LogP contribution in [0.5, 0.6) is 0 Å². The molecule has 1 aliphatic carbocycles. The highest BCUT2D eigenvalue weighted by Gasteiger charge is 2.43. The second-order valence-electron chi connectivity index (χ2n) is 9.81. The zero-order chi connectivity index (χ0) is 27.4. The van der Waals surface area contributed by atoms with Gasteiger partial charge in [-0.1, -0.05) is 12.1 Å². The molecule has 11 heteroatoms. The number of allylic oxidation sites excluding steroid dienone is 1. The molecule has 1 fully saturated rings. The fraction of sp³-hybridized carbons (Fsp3) is 0.407. The van der Waals surface area contributed by atoms with E-state index >= 15 is 0 Å². The van der Waals surface area contributed by atoms with Crippen molar-refractivity contribution in [2.45, 2.75) is 57.1 Å². The largest absolute Gasteiger partial charge is 0.439 e. The number of hydrogen-bond donors (Lipinski definition) is 0. The monoisotopic (exact) mass is 537 g/mol. The number of fused-ring (bicyclic) bond motifs is 1. The summed E-state index contributed by atoms with van der Waals surface area (Å²) in [6.07, 6.45) is -6.87. The standard InChI is InChI=1S/C27H25F6N3O2/c1-15-24(17-10-18(26(28,29)30)12-19(11-17)27(31,32)33)38-25(37)36(15)14-16-6-3-4-7-20(16)21-8-5-9-23-22(21)13-34-35(23)2/h5,8-13,15,24H,3-4,6-7,14H2,1-2H3/t15-,24-/m0/s1. The molecule has 5 nitrogen and oxygen atoms in total. The van der Waals surface area contributed by atoms with Crippen LogP contribution in [0.2, 0.25) is 0 Å². The Morgan fingerprint density at radius 3 is 2.32 bits per heavy atom. The molecule has 3 aromatic rings. The lowest BCUT2D eigenvalue weighted by Crippen LogP contribution is -2.34. The number of nitrogens with zero attached hydrogens (tertiary/aromatic N) is 3. The van der Waals surface area contributed by atoms with E-state index in [-0.39, 0.29) is 18.2 Å². The Morgan fingerprint density at radius 1 is 1.00 bits per heavy atom. The number of carbonyl (C=O) groups is 1. The molecule has 1 amide bonds. The van der Waals surface area contributed by atoms with Gasteiger partial charge in [-0.3, -0.25) is 9.58 Å². The molecule has 1 aromatic heterocycles. The third-order valence-electron chi connectivity index (χ3n) is 7.39. The maximum absolute atomic E-state index is 13.4. The van der Waals surface area contributed by atoms with E-state index < -0.39 is 41.7 Å². The number of rotatable bonds is 4. The summed E-state index contributed by atoms with van der Waals surface area (Å²) >= 11 is 0. The second kappa shape index (κ2) is 9.36. The molecule has 0 N–H and O–H groups in total. The van der Waals surface area contributed by atoms with Crippen LogP contribution < -0.4 is 0 Å². The smallest absolute Gasteiger partial charge is 0.416 e. The van der Waals surface area contributed by atoms with Crippen LogP contribution in [0.4, 0.5) is 31.1 Å². The number of cyclic esters (lactones) is 1. The summed E-state index contributed by atoms with van der Waals surface area (Å²) in [5.74, 6) is 0. The van der Waals surface area contributed by atoms with Gasteiger partial charge in [0.25, 0.3) is 0 Å². The first kappa shape index (κ1) is 26.1. The van der Waals surface area contributed by atoms with E-state index in [1.165, 1.54) is 4.90 Å². The minimum absolute atomic E-state index is 0.0703. The Kier molecular flexibility index (Phi) is 6.43. The molecular weight excluding hydrogens is 512 g/mol. The van der Waals surface area contributed by atoms with Gasteiger partial charge in [0.1, 0.15) is 6.10 Å². The van der Waals surface area contributed by atoms with Crippen molar-refractivity contribution in [3.8, 4) is 0 Å². The van der Waals surface area contributed by atoms with Crippen LogP contribution in [0.15, 0.2) is 48.2 Å². The molecule has 2 aliphatic rings. The van der Waals surface area contributed by atoms with Crippen molar-refractivity contribution in [2.24, 2.45) is 7.05 Å². The zero-order valence-corrected chi connectivity index (χ0v) is 20.7. The number of ether oxygens (including phenoxy) is 1. The van der Waals surface area contributed by atoms with Crippen molar-refractivity contribution in [3.63, 3.8) is 0 Å². The third-order valence-corrected chi connectivity index (χ3v) is 7.39. The summed E-state index contributed by atoms with van der Waals surface area (Å²) in [6.45, 7) is 1.75. The molecule has 2 heterocycles. The number of aromatic nitrogens is 2. The predicted molar refractivity (Wildman–Crippen MR) is 128 cm³/mol. The highest BCUT2D eigenvalue weighted by atomic mass is 19.4. The minimum Gasteiger partial charge on any atom is -0.439 e. The van der Waals surface area contributed by atoms with Crippen molar-refractivity contribution < 1.29 is 35.9 Å². The molecule has 0 saturated carbocycles. The van der Waals surface area contributed by atoms with E-state index in [4.69, 9.17) is 4.74 Å². The van der Waals surface area contributed by atoms with Gasteiger partial charge in [0.05, 0.1) is 28.9 Å².